The third-order valence-corrected chi connectivity index (χ3v) is 7.08. The summed E-state index contributed by atoms with van der Waals surface area (Å²) in [6, 6.07) is 13.3. The van der Waals surface area contributed by atoms with Crippen LogP contribution < -0.4 is 20.7 Å². The maximum absolute atomic E-state index is 13.3. The Labute approximate surface area is 214 Å². The van der Waals surface area contributed by atoms with Crippen molar-refractivity contribution in [1.82, 2.24) is 15.6 Å². The molecule has 2 aromatic carbocycles. The fraction of sp³-hybridized carbons (Fsp3) is 0.357. The fourth-order valence-electron chi connectivity index (χ4n) is 4.91. The average Bonchev–Trinajstić information content (AvgIpc) is 3.50. The first kappa shape index (κ1) is 24.4. The number of fused-ring (bicyclic) bond motifs is 2. The summed E-state index contributed by atoms with van der Waals surface area (Å²) >= 11 is 0. The number of H-pyrrole nitrogens is 1. The molecule has 4 N–H and O–H groups in total. The minimum Gasteiger partial charge on any atom is -0.496 e. The summed E-state index contributed by atoms with van der Waals surface area (Å²) < 4.78 is 5.37. The maximum Gasteiger partial charge on any atom is 0.268 e. The summed E-state index contributed by atoms with van der Waals surface area (Å²) in [5.74, 6) is -0.555. The lowest BCUT2D eigenvalue weighted by molar-refractivity contribution is -0.124. The van der Waals surface area contributed by atoms with Crippen molar-refractivity contribution in [2.75, 3.05) is 12.4 Å². The van der Waals surface area contributed by atoms with Crippen LogP contribution in [-0.2, 0) is 9.59 Å². The minimum atomic E-state index is -0.883. The molecule has 1 aromatic heterocycles. The van der Waals surface area contributed by atoms with Gasteiger partial charge in [-0.05, 0) is 61.1 Å². The maximum atomic E-state index is 13.3. The number of rotatable bonds is 9. The van der Waals surface area contributed by atoms with Crippen LogP contribution in [0, 0.1) is 24.2 Å². The van der Waals surface area contributed by atoms with Gasteiger partial charge in [0.25, 0.3) is 5.91 Å². The number of carbonyl (C=O) groups is 3. The molecule has 190 valence electrons. The normalized spacial score (nSPS) is 17.9. The van der Waals surface area contributed by atoms with Crippen LogP contribution in [0.5, 0.6) is 5.75 Å². The number of amides is 3. The van der Waals surface area contributed by atoms with Gasteiger partial charge in [-0.15, -0.1) is 0 Å². The SMILES string of the molecule is COc1cccc2[nH]c(C(=O)N[C@@H](CC3CC3)C(=O)N[C@H](C#N)C[C@H]3C(=O)Nc4cc(C)ccc43)cc12. The third kappa shape index (κ3) is 5.14. The number of ether oxygens (including phenoxy) is 1. The van der Waals surface area contributed by atoms with E-state index >= 15 is 0 Å². The predicted molar refractivity (Wildman–Crippen MR) is 138 cm³/mol. The highest BCUT2D eigenvalue weighted by Crippen LogP contribution is 2.36. The van der Waals surface area contributed by atoms with Crippen LogP contribution in [0.25, 0.3) is 10.9 Å². The van der Waals surface area contributed by atoms with E-state index in [2.05, 4.69) is 27.0 Å². The Morgan fingerprint density at radius 2 is 1.97 bits per heavy atom. The van der Waals surface area contributed by atoms with Gasteiger partial charge in [0.1, 0.15) is 23.5 Å². The number of hydrogen-bond acceptors (Lipinski definition) is 5. The van der Waals surface area contributed by atoms with Crippen LogP contribution in [0.2, 0.25) is 0 Å². The molecule has 0 bridgehead atoms. The van der Waals surface area contributed by atoms with Gasteiger partial charge < -0.3 is 25.7 Å². The van der Waals surface area contributed by atoms with Crippen LogP contribution in [0.1, 0.15) is 53.2 Å². The van der Waals surface area contributed by atoms with Crippen molar-refractivity contribution in [3.63, 3.8) is 0 Å². The van der Waals surface area contributed by atoms with Crippen LogP contribution in [0.4, 0.5) is 5.69 Å². The second kappa shape index (κ2) is 9.97. The number of aromatic nitrogens is 1. The summed E-state index contributed by atoms with van der Waals surface area (Å²) in [7, 11) is 1.57. The molecule has 9 heteroatoms. The van der Waals surface area contributed by atoms with E-state index in [4.69, 9.17) is 4.74 Å². The second-order valence-corrected chi connectivity index (χ2v) is 9.87. The molecule has 1 saturated carbocycles. The van der Waals surface area contributed by atoms with Gasteiger partial charge in [0.15, 0.2) is 0 Å². The molecule has 0 radical (unpaired) electrons. The molecule has 5 rings (SSSR count). The number of carbonyl (C=O) groups excluding carboxylic acids is 3. The molecule has 0 saturated heterocycles. The van der Waals surface area contributed by atoms with Gasteiger partial charge in [-0.3, -0.25) is 14.4 Å². The molecule has 1 aliphatic heterocycles. The number of benzene rings is 2. The number of nitrogens with one attached hydrogen (secondary N) is 4. The minimum absolute atomic E-state index is 0.149. The number of nitriles is 1. The van der Waals surface area contributed by atoms with Gasteiger partial charge in [0, 0.05) is 16.6 Å². The molecule has 1 fully saturated rings. The summed E-state index contributed by atoms with van der Waals surface area (Å²) in [5, 5.41) is 19.0. The van der Waals surface area contributed by atoms with E-state index in [1.807, 2.05) is 43.3 Å². The lowest BCUT2D eigenvalue weighted by atomic mass is 9.93. The molecule has 0 unspecified atom stereocenters. The van der Waals surface area contributed by atoms with Crippen LogP contribution in [0.15, 0.2) is 42.5 Å². The predicted octanol–water partition coefficient (Wildman–Crippen LogP) is 3.52. The molecule has 37 heavy (non-hydrogen) atoms. The summed E-state index contributed by atoms with van der Waals surface area (Å²) in [5.41, 5.74) is 3.66. The van der Waals surface area contributed by atoms with E-state index in [0.717, 1.165) is 40.6 Å². The largest absolute Gasteiger partial charge is 0.496 e. The zero-order valence-corrected chi connectivity index (χ0v) is 20.8. The van der Waals surface area contributed by atoms with E-state index in [1.54, 1.807) is 13.2 Å². The van der Waals surface area contributed by atoms with Gasteiger partial charge in [-0.1, -0.05) is 31.0 Å². The molecular weight excluding hydrogens is 470 g/mol. The van der Waals surface area contributed by atoms with Crippen LogP contribution in [0.3, 0.4) is 0 Å². The molecule has 9 nitrogen and oxygen atoms in total. The first-order valence-electron chi connectivity index (χ1n) is 12.4. The van der Waals surface area contributed by atoms with Crippen LogP contribution in [-0.4, -0.2) is 41.9 Å². The van der Waals surface area contributed by atoms with E-state index in [0.29, 0.717) is 23.8 Å². The Morgan fingerprint density at radius 3 is 2.70 bits per heavy atom. The van der Waals surface area contributed by atoms with Gasteiger partial charge in [0.05, 0.1) is 19.1 Å². The molecule has 1 aliphatic carbocycles. The van der Waals surface area contributed by atoms with Crippen LogP contribution >= 0.6 is 0 Å². The van der Waals surface area contributed by atoms with E-state index in [9.17, 15) is 19.6 Å². The van der Waals surface area contributed by atoms with Gasteiger partial charge in [-0.25, -0.2) is 0 Å². The van der Waals surface area contributed by atoms with Gasteiger partial charge in [0.2, 0.25) is 11.8 Å². The quantitative estimate of drug-likeness (QED) is 0.357. The number of aromatic amines is 1. The Morgan fingerprint density at radius 1 is 1.16 bits per heavy atom. The van der Waals surface area contributed by atoms with Crippen molar-refractivity contribution in [3.05, 3.63) is 59.3 Å². The van der Waals surface area contributed by atoms with E-state index < -0.39 is 29.8 Å². The first-order chi connectivity index (χ1) is 17.9. The summed E-state index contributed by atoms with van der Waals surface area (Å²) in [6.45, 7) is 1.94. The topological polar surface area (TPSA) is 136 Å². The highest BCUT2D eigenvalue weighted by atomic mass is 16.5. The monoisotopic (exact) mass is 499 g/mol. The third-order valence-electron chi connectivity index (χ3n) is 7.08. The number of methoxy groups -OCH3 is 1. The zero-order valence-electron chi connectivity index (χ0n) is 20.8. The molecule has 3 amide bonds. The van der Waals surface area contributed by atoms with Crippen molar-refractivity contribution in [3.8, 4) is 11.8 Å². The van der Waals surface area contributed by atoms with Crippen molar-refractivity contribution >= 4 is 34.3 Å². The Balaban J connectivity index is 1.29. The second-order valence-electron chi connectivity index (χ2n) is 9.87. The Kier molecular flexibility index (Phi) is 6.57. The lowest BCUT2D eigenvalue weighted by Gasteiger charge is -2.21. The standard InChI is InChI=1S/C28H29N5O4/c1-15-6-9-18-19(26(34)32-22(18)10-15)12-17(14-29)30-27(35)23(11-16-7-8-16)33-28(36)24-13-20-21(31-24)4-3-5-25(20)37-2/h3-6,9-10,13,16-17,19,23,31H,7-8,11-12H2,1-2H3,(H,30,35)(H,32,34)(H,33,36)/t17-,19+,23-/m0/s1. The highest BCUT2D eigenvalue weighted by Gasteiger charge is 2.35. The summed E-state index contributed by atoms with van der Waals surface area (Å²) in [4.78, 5) is 42.0. The van der Waals surface area contributed by atoms with Gasteiger partial charge in [-0.2, -0.15) is 5.26 Å². The van der Waals surface area contributed by atoms with Crippen molar-refractivity contribution in [2.45, 2.75) is 50.6 Å². The molecular formula is C28H29N5O4. The van der Waals surface area contributed by atoms with E-state index in [1.165, 1.54) is 0 Å². The number of hydrogen-bond donors (Lipinski definition) is 4. The van der Waals surface area contributed by atoms with Crippen molar-refractivity contribution in [2.24, 2.45) is 5.92 Å². The molecule has 2 aliphatic rings. The average molecular weight is 500 g/mol. The Hall–Kier alpha value is -4.32. The number of nitrogens with zero attached hydrogens (tertiary/aromatic N) is 1. The number of anilines is 1. The smallest absolute Gasteiger partial charge is 0.268 e. The van der Waals surface area contributed by atoms with Gasteiger partial charge >= 0.3 is 0 Å². The fourth-order valence-corrected chi connectivity index (χ4v) is 4.91. The lowest BCUT2D eigenvalue weighted by Crippen LogP contribution is -2.50. The van der Waals surface area contributed by atoms with Crippen molar-refractivity contribution < 1.29 is 19.1 Å². The summed E-state index contributed by atoms with van der Waals surface area (Å²) in [6.07, 6.45) is 2.65. The van der Waals surface area contributed by atoms with E-state index in [-0.39, 0.29) is 12.3 Å². The van der Waals surface area contributed by atoms with Crippen molar-refractivity contribution in [1.29, 1.82) is 5.26 Å². The Bertz CT molecular complexity index is 1420. The number of aryl methyl sites for hydroxylation is 1. The molecule has 2 heterocycles. The molecule has 3 atom stereocenters. The first-order valence-corrected chi connectivity index (χ1v) is 12.4. The molecule has 3 aromatic rings. The highest BCUT2D eigenvalue weighted by molar-refractivity contribution is 6.03. The molecule has 0 spiro atoms. The zero-order chi connectivity index (χ0) is 26.1.